The van der Waals surface area contributed by atoms with Crippen LogP contribution in [0.5, 0.6) is 5.75 Å². The standard InChI is InChI=1S/C21H29N3O5/c1-3-29-19(25)15-22-11-12-24(18(14-22)21(27)23-9-4-5-10-23)20(26)16-7-6-8-17(13-16)28-2/h6-8,13,18H,3-5,9-12,14-15H2,1-2H3. The maximum absolute atomic E-state index is 13.2. The summed E-state index contributed by atoms with van der Waals surface area (Å²) in [4.78, 5) is 43.7. The van der Waals surface area contributed by atoms with E-state index in [0.717, 1.165) is 12.8 Å². The van der Waals surface area contributed by atoms with Gasteiger partial charge in [0.25, 0.3) is 5.91 Å². The number of carbonyl (C=O) groups is 3. The molecule has 0 spiro atoms. The molecular formula is C21H29N3O5. The number of methoxy groups -OCH3 is 1. The quantitative estimate of drug-likeness (QED) is 0.660. The molecule has 2 heterocycles. The lowest BCUT2D eigenvalue weighted by Gasteiger charge is -2.41. The lowest BCUT2D eigenvalue weighted by molar-refractivity contribution is -0.147. The van der Waals surface area contributed by atoms with Gasteiger partial charge in [0.05, 0.1) is 20.3 Å². The summed E-state index contributed by atoms with van der Waals surface area (Å²) < 4.78 is 10.3. The molecular weight excluding hydrogens is 374 g/mol. The maximum Gasteiger partial charge on any atom is 0.320 e. The van der Waals surface area contributed by atoms with E-state index in [-0.39, 0.29) is 24.3 Å². The van der Waals surface area contributed by atoms with Crippen LogP contribution in [0.25, 0.3) is 0 Å². The largest absolute Gasteiger partial charge is 0.497 e. The monoisotopic (exact) mass is 403 g/mol. The van der Waals surface area contributed by atoms with Crippen molar-refractivity contribution in [3.05, 3.63) is 29.8 Å². The van der Waals surface area contributed by atoms with Gasteiger partial charge < -0.3 is 19.3 Å². The van der Waals surface area contributed by atoms with Crippen LogP contribution in [0.1, 0.15) is 30.1 Å². The summed E-state index contributed by atoms with van der Waals surface area (Å²) in [6.45, 7) is 4.86. The van der Waals surface area contributed by atoms with Crippen molar-refractivity contribution in [1.29, 1.82) is 0 Å². The van der Waals surface area contributed by atoms with Gasteiger partial charge in [-0.15, -0.1) is 0 Å². The smallest absolute Gasteiger partial charge is 0.320 e. The predicted molar refractivity (Wildman–Crippen MR) is 107 cm³/mol. The van der Waals surface area contributed by atoms with Crippen molar-refractivity contribution >= 4 is 17.8 Å². The number of hydrogen-bond donors (Lipinski definition) is 0. The van der Waals surface area contributed by atoms with Crippen molar-refractivity contribution in [2.75, 3.05) is 53.0 Å². The van der Waals surface area contributed by atoms with E-state index in [9.17, 15) is 14.4 Å². The van der Waals surface area contributed by atoms with Crippen LogP contribution in [-0.4, -0.2) is 91.5 Å². The first-order valence-corrected chi connectivity index (χ1v) is 10.1. The highest BCUT2D eigenvalue weighted by atomic mass is 16.5. The molecule has 0 aromatic heterocycles. The second-order valence-electron chi connectivity index (χ2n) is 7.32. The molecule has 1 unspecified atom stereocenters. The number of benzene rings is 1. The number of carbonyl (C=O) groups excluding carboxylic acids is 3. The lowest BCUT2D eigenvalue weighted by Crippen LogP contribution is -2.61. The van der Waals surface area contributed by atoms with Gasteiger partial charge in [0.1, 0.15) is 11.8 Å². The van der Waals surface area contributed by atoms with E-state index in [4.69, 9.17) is 9.47 Å². The number of esters is 1. The zero-order valence-electron chi connectivity index (χ0n) is 17.1. The average Bonchev–Trinajstić information content (AvgIpc) is 3.28. The van der Waals surface area contributed by atoms with Crippen LogP contribution < -0.4 is 4.74 Å². The van der Waals surface area contributed by atoms with E-state index >= 15 is 0 Å². The first-order chi connectivity index (χ1) is 14.0. The molecule has 1 aromatic rings. The Hall–Kier alpha value is -2.61. The fourth-order valence-electron chi connectivity index (χ4n) is 3.90. The Morgan fingerprint density at radius 1 is 1.10 bits per heavy atom. The Balaban J connectivity index is 1.79. The van der Waals surface area contributed by atoms with Crippen molar-refractivity contribution in [2.45, 2.75) is 25.8 Å². The molecule has 29 heavy (non-hydrogen) atoms. The number of rotatable bonds is 6. The van der Waals surface area contributed by atoms with Crippen LogP contribution in [0.3, 0.4) is 0 Å². The molecule has 0 radical (unpaired) electrons. The summed E-state index contributed by atoms with van der Waals surface area (Å²) in [5.74, 6) is 0.0381. The molecule has 2 aliphatic rings. The third-order valence-corrected chi connectivity index (χ3v) is 5.40. The number of likely N-dealkylation sites (tertiary alicyclic amines) is 1. The van der Waals surface area contributed by atoms with Gasteiger partial charge in [-0.25, -0.2) is 0 Å². The van der Waals surface area contributed by atoms with Gasteiger partial charge in [0.15, 0.2) is 0 Å². The van der Waals surface area contributed by atoms with E-state index in [2.05, 4.69) is 0 Å². The Kier molecular flexibility index (Phi) is 7.09. The average molecular weight is 403 g/mol. The third kappa shape index (κ3) is 5.06. The van der Waals surface area contributed by atoms with Crippen LogP contribution in [0.4, 0.5) is 0 Å². The van der Waals surface area contributed by atoms with Crippen molar-refractivity contribution < 1.29 is 23.9 Å². The Morgan fingerprint density at radius 2 is 1.86 bits per heavy atom. The number of amides is 2. The molecule has 2 fully saturated rings. The van der Waals surface area contributed by atoms with Crippen LogP contribution >= 0.6 is 0 Å². The SMILES string of the molecule is CCOC(=O)CN1CCN(C(=O)c2cccc(OC)c2)C(C(=O)N2CCCC2)C1. The molecule has 2 aliphatic heterocycles. The summed E-state index contributed by atoms with van der Waals surface area (Å²) in [7, 11) is 1.55. The summed E-state index contributed by atoms with van der Waals surface area (Å²) in [6, 6.07) is 6.34. The number of nitrogens with zero attached hydrogens (tertiary/aromatic N) is 3. The van der Waals surface area contributed by atoms with Crippen LogP contribution in [0.2, 0.25) is 0 Å². The Labute approximate surface area is 171 Å². The van der Waals surface area contributed by atoms with Gasteiger partial charge in [0, 0.05) is 38.3 Å². The summed E-state index contributed by atoms with van der Waals surface area (Å²) >= 11 is 0. The topological polar surface area (TPSA) is 79.4 Å². The molecule has 0 N–H and O–H groups in total. The van der Waals surface area contributed by atoms with Gasteiger partial charge in [-0.2, -0.15) is 0 Å². The van der Waals surface area contributed by atoms with Crippen molar-refractivity contribution in [3.8, 4) is 5.75 Å². The molecule has 158 valence electrons. The van der Waals surface area contributed by atoms with Crippen LogP contribution in [-0.2, 0) is 14.3 Å². The zero-order chi connectivity index (χ0) is 20.8. The minimum absolute atomic E-state index is 0.0488. The predicted octanol–water partition coefficient (Wildman–Crippen LogP) is 1.01. The highest BCUT2D eigenvalue weighted by molar-refractivity contribution is 5.98. The number of piperazine rings is 1. The van der Waals surface area contributed by atoms with Crippen LogP contribution in [0, 0.1) is 0 Å². The molecule has 0 aliphatic carbocycles. The molecule has 2 saturated heterocycles. The highest BCUT2D eigenvalue weighted by Crippen LogP contribution is 2.21. The van der Waals surface area contributed by atoms with Gasteiger partial charge in [0.2, 0.25) is 5.91 Å². The molecule has 8 heteroatoms. The van der Waals surface area contributed by atoms with Crippen molar-refractivity contribution in [1.82, 2.24) is 14.7 Å². The minimum Gasteiger partial charge on any atom is -0.497 e. The lowest BCUT2D eigenvalue weighted by atomic mass is 10.1. The first-order valence-electron chi connectivity index (χ1n) is 10.1. The summed E-state index contributed by atoms with van der Waals surface area (Å²) in [6.07, 6.45) is 1.96. The van der Waals surface area contributed by atoms with Crippen molar-refractivity contribution in [3.63, 3.8) is 0 Å². The first kappa shape index (κ1) is 21.1. The van der Waals surface area contributed by atoms with E-state index in [1.807, 2.05) is 9.80 Å². The second-order valence-corrected chi connectivity index (χ2v) is 7.32. The normalized spacial score (nSPS) is 19.9. The van der Waals surface area contributed by atoms with Gasteiger partial charge in [-0.1, -0.05) is 6.07 Å². The number of ether oxygens (including phenoxy) is 2. The maximum atomic E-state index is 13.2. The fraction of sp³-hybridized carbons (Fsp3) is 0.571. The molecule has 2 amide bonds. The minimum atomic E-state index is -0.616. The second kappa shape index (κ2) is 9.73. The number of hydrogen-bond acceptors (Lipinski definition) is 6. The van der Waals surface area contributed by atoms with Crippen molar-refractivity contribution in [2.24, 2.45) is 0 Å². The molecule has 0 bridgehead atoms. The Bertz CT molecular complexity index is 748. The molecule has 0 saturated carbocycles. The van der Waals surface area contributed by atoms with E-state index < -0.39 is 6.04 Å². The highest BCUT2D eigenvalue weighted by Gasteiger charge is 2.39. The molecule has 8 nitrogen and oxygen atoms in total. The van der Waals surface area contributed by atoms with Gasteiger partial charge >= 0.3 is 5.97 Å². The Morgan fingerprint density at radius 3 is 2.55 bits per heavy atom. The molecule has 1 aromatic carbocycles. The van der Waals surface area contributed by atoms with Gasteiger partial charge in [-0.05, 0) is 38.0 Å². The summed E-state index contributed by atoms with van der Waals surface area (Å²) in [5.41, 5.74) is 0.488. The zero-order valence-corrected chi connectivity index (χ0v) is 17.1. The third-order valence-electron chi connectivity index (χ3n) is 5.40. The molecule has 3 rings (SSSR count). The van der Waals surface area contributed by atoms with E-state index in [0.29, 0.717) is 50.6 Å². The van der Waals surface area contributed by atoms with E-state index in [1.165, 1.54) is 0 Å². The molecule has 1 atom stereocenters. The fourth-order valence-corrected chi connectivity index (χ4v) is 3.90. The van der Waals surface area contributed by atoms with Gasteiger partial charge in [-0.3, -0.25) is 19.3 Å². The van der Waals surface area contributed by atoms with Crippen LogP contribution in [0.15, 0.2) is 24.3 Å². The summed E-state index contributed by atoms with van der Waals surface area (Å²) in [5, 5.41) is 0. The van der Waals surface area contributed by atoms with E-state index in [1.54, 1.807) is 43.2 Å².